The van der Waals surface area contributed by atoms with Crippen molar-refractivity contribution in [3.8, 4) is 0 Å². The predicted octanol–water partition coefficient (Wildman–Crippen LogP) is 3.42. The minimum atomic E-state index is -1.72. The van der Waals surface area contributed by atoms with Gasteiger partial charge in [0.1, 0.15) is 0 Å². The van der Waals surface area contributed by atoms with E-state index >= 15 is 0 Å². The first-order valence-corrected chi connectivity index (χ1v) is 12.0. The molecule has 0 bridgehead atoms. The first kappa shape index (κ1) is 22.4. The van der Waals surface area contributed by atoms with E-state index in [1.54, 1.807) is 0 Å². The standard InChI is InChI=1S/C19H32O6Si/c1-18(2,3)26(6,7)9-8-13-11-19(16(22)24-4,17(23)25-5)12-14(13)10-15(20)21/h8-9,13-14H,10-12H2,1-7H3,(H,20,21)/b9-8+/t13-,14-/m0/s1. The number of hydrogen-bond donors (Lipinski definition) is 1. The van der Waals surface area contributed by atoms with Gasteiger partial charge in [0.25, 0.3) is 0 Å². The number of ether oxygens (including phenoxy) is 2. The number of hydrogen-bond acceptors (Lipinski definition) is 5. The Hall–Kier alpha value is -1.63. The minimum absolute atomic E-state index is 0.0950. The van der Waals surface area contributed by atoms with Gasteiger partial charge in [-0.15, -0.1) is 0 Å². The SMILES string of the molecule is COC(=O)C1(C(=O)OC)C[C@H](CC(=O)O)[C@@H](/C=C/[Si](C)(C)C(C)(C)C)C1. The second kappa shape index (κ2) is 7.94. The van der Waals surface area contributed by atoms with Crippen LogP contribution in [0.25, 0.3) is 0 Å². The molecule has 1 aliphatic carbocycles. The Bertz CT molecular complexity index is 571. The second-order valence-electron chi connectivity index (χ2n) is 8.83. The van der Waals surface area contributed by atoms with Gasteiger partial charge in [-0.2, -0.15) is 0 Å². The van der Waals surface area contributed by atoms with Crippen molar-refractivity contribution >= 4 is 26.0 Å². The molecular formula is C19H32O6Si. The molecule has 1 fully saturated rings. The van der Waals surface area contributed by atoms with Crippen LogP contribution in [0.4, 0.5) is 0 Å². The predicted molar refractivity (Wildman–Crippen MR) is 101 cm³/mol. The fourth-order valence-electron chi connectivity index (χ4n) is 3.35. The Balaban J connectivity index is 3.25. The summed E-state index contributed by atoms with van der Waals surface area (Å²) in [5, 5.41) is 9.41. The van der Waals surface area contributed by atoms with E-state index in [0.29, 0.717) is 0 Å². The Morgan fingerprint density at radius 3 is 2.00 bits per heavy atom. The first-order valence-electron chi connectivity index (χ1n) is 8.88. The number of rotatable bonds is 6. The highest BCUT2D eigenvalue weighted by molar-refractivity contribution is 6.84. The number of methoxy groups -OCH3 is 2. The molecule has 1 aliphatic rings. The summed E-state index contributed by atoms with van der Waals surface area (Å²) in [5.41, 5.74) is 0.781. The third kappa shape index (κ3) is 4.55. The normalized spacial score (nSPS) is 23.0. The smallest absolute Gasteiger partial charge is 0.323 e. The summed E-state index contributed by atoms with van der Waals surface area (Å²) in [6.07, 6.45) is 2.28. The van der Waals surface area contributed by atoms with Gasteiger partial charge in [-0.05, 0) is 29.7 Å². The number of carbonyl (C=O) groups excluding carboxylic acids is 2. The zero-order chi connectivity index (χ0) is 20.3. The lowest BCUT2D eigenvalue weighted by atomic mass is 9.84. The van der Waals surface area contributed by atoms with Crippen LogP contribution >= 0.6 is 0 Å². The Kier molecular flexibility index (Phi) is 6.84. The van der Waals surface area contributed by atoms with Gasteiger partial charge in [-0.25, -0.2) is 0 Å². The van der Waals surface area contributed by atoms with E-state index in [0.717, 1.165) is 0 Å². The van der Waals surface area contributed by atoms with E-state index in [4.69, 9.17) is 9.47 Å². The second-order valence-corrected chi connectivity index (χ2v) is 14.1. The fraction of sp³-hybridized carbons (Fsp3) is 0.737. The Morgan fingerprint density at radius 1 is 1.12 bits per heavy atom. The van der Waals surface area contributed by atoms with Gasteiger partial charge in [0, 0.05) is 6.42 Å². The van der Waals surface area contributed by atoms with Crippen molar-refractivity contribution in [1.29, 1.82) is 0 Å². The van der Waals surface area contributed by atoms with Crippen LogP contribution in [0.3, 0.4) is 0 Å². The molecule has 0 aromatic carbocycles. The van der Waals surface area contributed by atoms with Crippen LogP contribution in [0.2, 0.25) is 18.1 Å². The number of carboxylic acid groups (broad SMARTS) is 1. The summed E-state index contributed by atoms with van der Waals surface area (Å²) in [5.74, 6) is -2.73. The van der Waals surface area contributed by atoms with Crippen molar-refractivity contribution in [2.24, 2.45) is 17.3 Å². The lowest BCUT2D eigenvalue weighted by Crippen LogP contribution is -2.39. The van der Waals surface area contributed by atoms with Crippen LogP contribution in [0.1, 0.15) is 40.0 Å². The number of carbonyl (C=O) groups is 3. The van der Waals surface area contributed by atoms with Gasteiger partial charge in [0.15, 0.2) is 5.41 Å². The van der Waals surface area contributed by atoms with Crippen molar-refractivity contribution in [3.05, 3.63) is 11.8 Å². The summed E-state index contributed by atoms with van der Waals surface area (Å²) in [4.78, 5) is 36.1. The molecule has 0 heterocycles. The van der Waals surface area contributed by atoms with Crippen molar-refractivity contribution in [2.45, 2.75) is 58.2 Å². The molecule has 0 saturated heterocycles. The molecular weight excluding hydrogens is 352 g/mol. The van der Waals surface area contributed by atoms with Crippen LogP contribution < -0.4 is 0 Å². The number of aliphatic carboxylic acids is 1. The van der Waals surface area contributed by atoms with Crippen LogP contribution in [0.15, 0.2) is 11.8 Å². The van der Waals surface area contributed by atoms with E-state index in [1.165, 1.54) is 14.2 Å². The van der Waals surface area contributed by atoms with E-state index in [1.807, 2.05) is 6.08 Å². The van der Waals surface area contributed by atoms with Crippen LogP contribution in [0, 0.1) is 17.3 Å². The van der Waals surface area contributed by atoms with Crippen LogP contribution in [0.5, 0.6) is 0 Å². The minimum Gasteiger partial charge on any atom is -0.481 e. The average molecular weight is 385 g/mol. The molecule has 148 valence electrons. The molecule has 0 aliphatic heterocycles. The lowest BCUT2D eigenvalue weighted by molar-refractivity contribution is -0.169. The van der Waals surface area contributed by atoms with Gasteiger partial charge in [-0.1, -0.05) is 45.6 Å². The molecule has 2 atom stereocenters. The topological polar surface area (TPSA) is 89.9 Å². The summed E-state index contributed by atoms with van der Waals surface area (Å²) >= 11 is 0. The highest BCUT2D eigenvalue weighted by atomic mass is 28.3. The quantitative estimate of drug-likeness (QED) is 0.429. The molecule has 0 aromatic heterocycles. The number of carboxylic acids is 1. The van der Waals surface area contributed by atoms with E-state index in [2.05, 4.69) is 39.6 Å². The van der Waals surface area contributed by atoms with Crippen LogP contribution in [-0.4, -0.2) is 45.3 Å². The van der Waals surface area contributed by atoms with Crippen molar-refractivity contribution in [2.75, 3.05) is 14.2 Å². The zero-order valence-electron chi connectivity index (χ0n) is 16.9. The van der Waals surface area contributed by atoms with Gasteiger partial charge in [-0.3, -0.25) is 14.4 Å². The molecule has 0 unspecified atom stereocenters. The summed E-state index contributed by atoms with van der Waals surface area (Å²) < 4.78 is 9.72. The summed E-state index contributed by atoms with van der Waals surface area (Å²) in [7, 11) is 0.749. The maximum Gasteiger partial charge on any atom is 0.323 e. The number of allylic oxidation sites excluding steroid dienone is 1. The van der Waals surface area contributed by atoms with Crippen LogP contribution in [-0.2, 0) is 23.9 Å². The van der Waals surface area contributed by atoms with Gasteiger partial charge < -0.3 is 14.6 Å². The molecule has 1 saturated carbocycles. The zero-order valence-corrected chi connectivity index (χ0v) is 17.9. The maximum absolute atomic E-state index is 12.4. The fourth-order valence-corrected chi connectivity index (χ4v) is 4.57. The molecule has 0 amide bonds. The van der Waals surface area contributed by atoms with Crippen molar-refractivity contribution < 1.29 is 29.0 Å². The molecule has 6 nitrogen and oxygen atoms in total. The van der Waals surface area contributed by atoms with E-state index in [9.17, 15) is 19.5 Å². The molecule has 26 heavy (non-hydrogen) atoms. The molecule has 0 aromatic rings. The lowest BCUT2D eigenvalue weighted by Gasteiger charge is -2.34. The Morgan fingerprint density at radius 2 is 1.62 bits per heavy atom. The molecule has 7 heteroatoms. The third-order valence-electron chi connectivity index (χ3n) is 6.08. The summed E-state index contributed by atoms with van der Waals surface area (Å²) in [6, 6.07) is 0. The van der Waals surface area contributed by atoms with Crippen molar-refractivity contribution in [3.63, 3.8) is 0 Å². The first-order chi connectivity index (χ1) is 11.8. The van der Waals surface area contributed by atoms with E-state index in [-0.39, 0.29) is 36.1 Å². The monoisotopic (exact) mass is 384 g/mol. The van der Waals surface area contributed by atoms with Gasteiger partial charge >= 0.3 is 17.9 Å². The average Bonchev–Trinajstić information content (AvgIpc) is 2.89. The maximum atomic E-state index is 12.4. The van der Waals surface area contributed by atoms with E-state index < -0.39 is 31.4 Å². The highest BCUT2D eigenvalue weighted by Gasteiger charge is 2.57. The molecule has 1 N–H and O–H groups in total. The van der Waals surface area contributed by atoms with Gasteiger partial charge in [0.2, 0.25) is 0 Å². The van der Waals surface area contributed by atoms with Crippen molar-refractivity contribution in [1.82, 2.24) is 0 Å². The summed E-state index contributed by atoms with van der Waals surface area (Å²) in [6.45, 7) is 11.1. The number of esters is 2. The highest BCUT2D eigenvalue weighted by Crippen LogP contribution is 2.50. The molecule has 0 spiro atoms. The Labute approximate surface area is 156 Å². The molecule has 1 rings (SSSR count). The third-order valence-corrected chi connectivity index (χ3v) is 11.0. The largest absolute Gasteiger partial charge is 0.481 e. The molecule has 0 radical (unpaired) electrons. The van der Waals surface area contributed by atoms with Gasteiger partial charge in [0.05, 0.1) is 22.3 Å².